The van der Waals surface area contributed by atoms with Crippen molar-refractivity contribution >= 4 is 5.91 Å². The first kappa shape index (κ1) is 14.8. The zero-order valence-electron chi connectivity index (χ0n) is 12.5. The smallest absolute Gasteiger partial charge is 0.274 e. The minimum absolute atomic E-state index is 0.465. The highest BCUT2D eigenvalue weighted by atomic mass is 16.5. The molecule has 3 rings (SSSR count). The Morgan fingerprint density at radius 3 is 2.55 bits per heavy atom. The standard InChI is InChI=1S/C18H20N2O2/c21-18(19-22)16-9-7-14(8-10-16)12-20-11-3-6-15-4-1-2-5-17(15)13-20/h1-2,4-5,7-10,22H,3,6,11-13H2,(H,19,21). The molecule has 4 heteroatoms. The summed E-state index contributed by atoms with van der Waals surface area (Å²) in [5.41, 5.74) is 6.16. The Balaban J connectivity index is 1.69. The fourth-order valence-electron chi connectivity index (χ4n) is 2.99. The quantitative estimate of drug-likeness (QED) is 0.676. The number of hydrogen-bond donors (Lipinski definition) is 2. The first-order valence-electron chi connectivity index (χ1n) is 7.59. The second-order valence-corrected chi connectivity index (χ2v) is 5.72. The number of amides is 1. The van der Waals surface area contributed by atoms with Crippen molar-refractivity contribution in [1.82, 2.24) is 10.4 Å². The van der Waals surface area contributed by atoms with Crippen molar-refractivity contribution in [3.63, 3.8) is 0 Å². The first-order valence-corrected chi connectivity index (χ1v) is 7.59. The molecule has 2 aromatic rings. The third kappa shape index (κ3) is 3.35. The summed E-state index contributed by atoms with van der Waals surface area (Å²) >= 11 is 0. The molecule has 0 radical (unpaired) electrons. The van der Waals surface area contributed by atoms with Crippen LogP contribution in [-0.2, 0) is 19.5 Å². The van der Waals surface area contributed by atoms with Gasteiger partial charge in [-0.2, -0.15) is 0 Å². The lowest BCUT2D eigenvalue weighted by Gasteiger charge is -2.20. The molecule has 0 spiro atoms. The van der Waals surface area contributed by atoms with Gasteiger partial charge in [-0.1, -0.05) is 36.4 Å². The number of nitrogens with zero attached hydrogens (tertiary/aromatic N) is 1. The van der Waals surface area contributed by atoms with E-state index in [-0.39, 0.29) is 0 Å². The van der Waals surface area contributed by atoms with Crippen molar-refractivity contribution in [2.45, 2.75) is 25.9 Å². The van der Waals surface area contributed by atoms with E-state index >= 15 is 0 Å². The molecule has 4 nitrogen and oxygen atoms in total. The molecular formula is C18H20N2O2. The van der Waals surface area contributed by atoms with Crippen LogP contribution in [0.2, 0.25) is 0 Å². The van der Waals surface area contributed by atoms with Gasteiger partial charge in [0.15, 0.2) is 0 Å². The van der Waals surface area contributed by atoms with Gasteiger partial charge in [0.25, 0.3) is 5.91 Å². The van der Waals surface area contributed by atoms with Crippen LogP contribution in [0.1, 0.15) is 33.5 Å². The molecular weight excluding hydrogens is 276 g/mol. The maximum Gasteiger partial charge on any atom is 0.274 e. The highest BCUT2D eigenvalue weighted by molar-refractivity contribution is 5.93. The van der Waals surface area contributed by atoms with E-state index in [0.717, 1.165) is 26.1 Å². The maximum atomic E-state index is 11.3. The molecule has 0 fully saturated rings. The Morgan fingerprint density at radius 1 is 1.09 bits per heavy atom. The minimum atomic E-state index is -0.477. The number of nitrogens with one attached hydrogen (secondary N) is 1. The van der Waals surface area contributed by atoms with Crippen LogP contribution in [0.5, 0.6) is 0 Å². The Kier molecular flexibility index (Phi) is 4.51. The van der Waals surface area contributed by atoms with Gasteiger partial charge < -0.3 is 0 Å². The van der Waals surface area contributed by atoms with Gasteiger partial charge in [0, 0.05) is 18.7 Å². The number of hydrogen-bond acceptors (Lipinski definition) is 3. The van der Waals surface area contributed by atoms with Gasteiger partial charge in [0.05, 0.1) is 0 Å². The molecule has 0 unspecified atom stereocenters. The monoisotopic (exact) mass is 296 g/mol. The predicted octanol–water partition coefficient (Wildman–Crippen LogP) is 2.75. The number of aryl methyl sites for hydroxylation is 1. The summed E-state index contributed by atoms with van der Waals surface area (Å²) in [4.78, 5) is 13.8. The third-order valence-electron chi connectivity index (χ3n) is 4.16. The molecule has 1 aliphatic heterocycles. The summed E-state index contributed by atoms with van der Waals surface area (Å²) in [6, 6.07) is 16.0. The van der Waals surface area contributed by atoms with E-state index in [9.17, 15) is 4.79 Å². The highest BCUT2D eigenvalue weighted by Crippen LogP contribution is 2.20. The second-order valence-electron chi connectivity index (χ2n) is 5.72. The molecule has 22 heavy (non-hydrogen) atoms. The van der Waals surface area contributed by atoms with Gasteiger partial charge in [-0.3, -0.25) is 14.9 Å². The number of carbonyl (C=O) groups is 1. The molecule has 114 valence electrons. The maximum absolute atomic E-state index is 11.3. The van der Waals surface area contributed by atoms with E-state index < -0.39 is 5.91 Å². The SMILES string of the molecule is O=C(NO)c1ccc(CN2CCCc3ccccc3C2)cc1. The van der Waals surface area contributed by atoms with Gasteiger partial charge in [-0.15, -0.1) is 0 Å². The fraction of sp³-hybridized carbons (Fsp3) is 0.278. The number of benzene rings is 2. The van der Waals surface area contributed by atoms with Crippen LogP contribution in [0.15, 0.2) is 48.5 Å². The Labute approximate surface area is 130 Å². The lowest BCUT2D eigenvalue weighted by molar-refractivity contribution is 0.0706. The van der Waals surface area contributed by atoms with Gasteiger partial charge in [0.2, 0.25) is 0 Å². The number of fused-ring (bicyclic) bond motifs is 1. The number of carbonyl (C=O) groups excluding carboxylic acids is 1. The zero-order valence-corrected chi connectivity index (χ0v) is 12.5. The summed E-state index contributed by atoms with van der Waals surface area (Å²) in [6.45, 7) is 2.91. The van der Waals surface area contributed by atoms with Crippen LogP contribution in [0.25, 0.3) is 0 Å². The summed E-state index contributed by atoms with van der Waals surface area (Å²) in [5.74, 6) is -0.477. The largest absolute Gasteiger partial charge is 0.295 e. The van der Waals surface area contributed by atoms with Gasteiger partial charge >= 0.3 is 0 Å². The van der Waals surface area contributed by atoms with Crippen LogP contribution < -0.4 is 5.48 Å². The van der Waals surface area contributed by atoms with Crippen molar-refractivity contribution in [3.8, 4) is 0 Å². The topological polar surface area (TPSA) is 52.6 Å². The molecule has 1 aliphatic rings. The van der Waals surface area contributed by atoms with Gasteiger partial charge in [0.1, 0.15) is 0 Å². The first-order chi connectivity index (χ1) is 10.8. The molecule has 0 saturated heterocycles. The lowest BCUT2D eigenvalue weighted by atomic mass is 10.0. The average molecular weight is 296 g/mol. The molecule has 0 saturated carbocycles. The molecule has 0 bridgehead atoms. The van der Waals surface area contributed by atoms with E-state index in [2.05, 4.69) is 29.2 Å². The van der Waals surface area contributed by atoms with Crippen LogP contribution in [0, 0.1) is 0 Å². The van der Waals surface area contributed by atoms with Crippen LogP contribution >= 0.6 is 0 Å². The lowest BCUT2D eigenvalue weighted by Crippen LogP contribution is -2.23. The second kappa shape index (κ2) is 6.73. The Morgan fingerprint density at radius 2 is 1.82 bits per heavy atom. The normalized spacial score (nSPS) is 15.0. The van der Waals surface area contributed by atoms with E-state index in [1.807, 2.05) is 12.1 Å². The van der Waals surface area contributed by atoms with Crippen molar-refractivity contribution in [1.29, 1.82) is 0 Å². The number of rotatable bonds is 3. The summed E-state index contributed by atoms with van der Waals surface area (Å²) < 4.78 is 0. The van der Waals surface area contributed by atoms with Gasteiger partial charge in [-0.25, -0.2) is 5.48 Å². The zero-order chi connectivity index (χ0) is 15.4. The van der Waals surface area contributed by atoms with Crippen molar-refractivity contribution < 1.29 is 10.0 Å². The molecule has 0 aromatic heterocycles. The van der Waals surface area contributed by atoms with E-state index in [0.29, 0.717) is 5.56 Å². The average Bonchev–Trinajstić information content (AvgIpc) is 2.76. The summed E-state index contributed by atoms with van der Waals surface area (Å²) in [6.07, 6.45) is 2.31. The van der Waals surface area contributed by atoms with E-state index in [1.54, 1.807) is 17.6 Å². The highest BCUT2D eigenvalue weighted by Gasteiger charge is 2.14. The third-order valence-corrected chi connectivity index (χ3v) is 4.16. The molecule has 2 N–H and O–H groups in total. The number of hydroxylamine groups is 1. The Hall–Kier alpha value is -2.17. The minimum Gasteiger partial charge on any atom is -0.295 e. The van der Waals surface area contributed by atoms with Crippen molar-refractivity contribution in [3.05, 3.63) is 70.8 Å². The Bertz CT molecular complexity index is 652. The fourth-order valence-corrected chi connectivity index (χ4v) is 2.99. The molecule has 0 atom stereocenters. The van der Waals surface area contributed by atoms with E-state index in [1.165, 1.54) is 23.1 Å². The summed E-state index contributed by atoms with van der Waals surface area (Å²) in [5, 5.41) is 8.64. The van der Waals surface area contributed by atoms with Crippen LogP contribution in [0.4, 0.5) is 0 Å². The van der Waals surface area contributed by atoms with Gasteiger partial charge in [-0.05, 0) is 48.2 Å². The van der Waals surface area contributed by atoms with Crippen molar-refractivity contribution in [2.24, 2.45) is 0 Å². The summed E-state index contributed by atoms with van der Waals surface area (Å²) in [7, 11) is 0. The van der Waals surface area contributed by atoms with Crippen molar-refractivity contribution in [2.75, 3.05) is 6.54 Å². The molecule has 2 aromatic carbocycles. The predicted molar refractivity (Wildman–Crippen MR) is 84.6 cm³/mol. The molecule has 1 heterocycles. The van der Waals surface area contributed by atoms with Crippen LogP contribution in [0.3, 0.4) is 0 Å². The van der Waals surface area contributed by atoms with Crippen LogP contribution in [-0.4, -0.2) is 22.6 Å². The van der Waals surface area contributed by atoms with E-state index in [4.69, 9.17) is 5.21 Å². The molecule has 0 aliphatic carbocycles. The molecule has 1 amide bonds.